The molecule has 1 aromatic carbocycles. The monoisotopic (exact) mass is 389 g/mol. The molecule has 1 amide bonds. The van der Waals surface area contributed by atoms with Crippen LogP contribution < -0.4 is 5.73 Å². The molecular formula is C19H21ClFN5O. The molecule has 3 heterocycles. The Balaban J connectivity index is 1.40. The lowest BCUT2D eigenvalue weighted by molar-refractivity contribution is -0.131. The number of halogens is 2. The molecule has 0 saturated carbocycles. The third-order valence-electron chi connectivity index (χ3n) is 5.40. The van der Waals surface area contributed by atoms with Gasteiger partial charge in [0.15, 0.2) is 0 Å². The van der Waals surface area contributed by atoms with E-state index in [4.69, 9.17) is 17.3 Å². The summed E-state index contributed by atoms with van der Waals surface area (Å²) in [6.45, 7) is 2.41. The van der Waals surface area contributed by atoms with Crippen molar-refractivity contribution < 1.29 is 9.18 Å². The molecule has 2 atom stereocenters. The van der Waals surface area contributed by atoms with Crippen LogP contribution in [0.4, 0.5) is 10.3 Å². The fourth-order valence-corrected chi connectivity index (χ4v) is 4.50. The molecule has 142 valence electrons. The van der Waals surface area contributed by atoms with Crippen LogP contribution in [0.15, 0.2) is 30.6 Å². The van der Waals surface area contributed by atoms with Crippen molar-refractivity contribution >= 4 is 23.5 Å². The quantitative estimate of drug-likeness (QED) is 0.868. The van der Waals surface area contributed by atoms with Crippen molar-refractivity contribution in [3.05, 3.63) is 52.6 Å². The maximum Gasteiger partial charge on any atom is 0.227 e. The van der Waals surface area contributed by atoms with Crippen molar-refractivity contribution in [3.8, 4) is 0 Å². The second-order valence-corrected chi connectivity index (χ2v) is 7.61. The molecule has 0 aliphatic carbocycles. The fourth-order valence-electron chi connectivity index (χ4n) is 4.25. The van der Waals surface area contributed by atoms with Gasteiger partial charge in [0, 0.05) is 54.7 Å². The van der Waals surface area contributed by atoms with Crippen molar-refractivity contribution in [2.45, 2.75) is 37.9 Å². The van der Waals surface area contributed by atoms with Crippen LogP contribution in [0.25, 0.3) is 0 Å². The Morgan fingerprint density at radius 3 is 2.63 bits per heavy atom. The molecule has 8 heteroatoms. The smallest absolute Gasteiger partial charge is 0.227 e. The number of carbonyl (C=O) groups is 1. The Hall–Kier alpha value is -2.25. The predicted molar refractivity (Wildman–Crippen MR) is 100 cm³/mol. The van der Waals surface area contributed by atoms with Crippen molar-refractivity contribution in [2.24, 2.45) is 0 Å². The molecule has 0 unspecified atom stereocenters. The molecule has 2 saturated heterocycles. The first-order chi connectivity index (χ1) is 13.0. The number of nitrogen functional groups attached to an aromatic ring is 1. The second kappa shape index (κ2) is 7.40. The Labute approximate surface area is 162 Å². The molecule has 27 heavy (non-hydrogen) atoms. The SMILES string of the molecule is Nc1ncc(CN2CC[C@H]3[C@@H]2CCN3C(=O)Cc2cc(F)cc(Cl)c2)cn1. The van der Waals surface area contributed by atoms with Crippen LogP contribution >= 0.6 is 11.6 Å². The van der Waals surface area contributed by atoms with Crippen LogP contribution in [0.5, 0.6) is 0 Å². The topological polar surface area (TPSA) is 75.3 Å². The van der Waals surface area contributed by atoms with E-state index in [-0.39, 0.29) is 24.3 Å². The molecular weight excluding hydrogens is 369 g/mol. The first-order valence-electron chi connectivity index (χ1n) is 9.04. The predicted octanol–water partition coefficient (Wildman–Crippen LogP) is 2.27. The summed E-state index contributed by atoms with van der Waals surface area (Å²) in [4.78, 5) is 25.2. The third kappa shape index (κ3) is 3.89. The van der Waals surface area contributed by atoms with E-state index in [1.54, 1.807) is 18.5 Å². The molecule has 0 spiro atoms. The minimum Gasteiger partial charge on any atom is -0.368 e. The summed E-state index contributed by atoms with van der Waals surface area (Å²) in [6, 6.07) is 4.81. The lowest BCUT2D eigenvalue weighted by Gasteiger charge is -2.25. The zero-order valence-corrected chi connectivity index (χ0v) is 15.6. The van der Waals surface area contributed by atoms with Gasteiger partial charge in [-0.05, 0) is 36.6 Å². The molecule has 2 aromatic rings. The number of nitrogens with two attached hydrogens (primary N) is 1. The zero-order valence-electron chi connectivity index (χ0n) is 14.8. The molecule has 0 radical (unpaired) electrons. The summed E-state index contributed by atoms with van der Waals surface area (Å²) in [5.41, 5.74) is 7.17. The summed E-state index contributed by atoms with van der Waals surface area (Å²) in [6.07, 6.45) is 5.56. The van der Waals surface area contributed by atoms with Gasteiger partial charge in [-0.15, -0.1) is 0 Å². The number of amides is 1. The van der Waals surface area contributed by atoms with Crippen molar-refractivity contribution in [1.82, 2.24) is 19.8 Å². The van der Waals surface area contributed by atoms with Gasteiger partial charge in [0.1, 0.15) is 5.82 Å². The van der Waals surface area contributed by atoms with Gasteiger partial charge in [0.25, 0.3) is 0 Å². The van der Waals surface area contributed by atoms with Gasteiger partial charge < -0.3 is 10.6 Å². The van der Waals surface area contributed by atoms with Crippen LogP contribution in [0.2, 0.25) is 5.02 Å². The number of benzene rings is 1. The molecule has 2 aliphatic heterocycles. The largest absolute Gasteiger partial charge is 0.368 e. The number of likely N-dealkylation sites (tertiary alicyclic amines) is 2. The molecule has 1 aromatic heterocycles. The molecule has 0 bridgehead atoms. The Morgan fingerprint density at radius 2 is 1.89 bits per heavy atom. The van der Waals surface area contributed by atoms with Gasteiger partial charge in [-0.25, -0.2) is 14.4 Å². The molecule has 2 fully saturated rings. The minimum absolute atomic E-state index is 0.0295. The summed E-state index contributed by atoms with van der Waals surface area (Å²) >= 11 is 5.90. The van der Waals surface area contributed by atoms with E-state index >= 15 is 0 Å². The lowest BCUT2D eigenvalue weighted by atomic mass is 10.1. The maximum absolute atomic E-state index is 13.5. The summed E-state index contributed by atoms with van der Waals surface area (Å²) in [5.74, 6) is -0.114. The zero-order chi connectivity index (χ0) is 19.0. The van der Waals surface area contributed by atoms with Gasteiger partial charge in [-0.1, -0.05) is 11.6 Å². The van der Waals surface area contributed by atoms with Crippen molar-refractivity contribution in [1.29, 1.82) is 0 Å². The number of carbonyl (C=O) groups excluding carboxylic acids is 1. The van der Waals surface area contributed by atoms with E-state index in [1.165, 1.54) is 12.1 Å². The van der Waals surface area contributed by atoms with Crippen LogP contribution in [0, 0.1) is 5.82 Å². The lowest BCUT2D eigenvalue weighted by Crippen LogP contribution is -2.40. The fraction of sp³-hybridized carbons (Fsp3) is 0.421. The molecule has 2 aliphatic rings. The summed E-state index contributed by atoms with van der Waals surface area (Å²) in [5, 5.41) is 0.315. The molecule has 4 rings (SSSR count). The number of fused-ring (bicyclic) bond motifs is 1. The Bertz CT molecular complexity index is 826. The van der Waals surface area contributed by atoms with Gasteiger partial charge >= 0.3 is 0 Å². The van der Waals surface area contributed by atoms with Crippen LogP contribution in [0.3, 0.4) is 0 Å². The highest BCUT2D eigenvalue weighted by Gasteiger charge is 2.44. The average molecular weight is 390 g/mol. The maximum atomic E-state index is 13.5. The first-order valence-corrected chi connectivity index (χ1v) is 9.42. The number of rotatable bonds is 4. The highest BCUT2D eigenvalue weighted by molar-refractivity contribution is 6.30. The summed E-state index contributed by atoms with van der Waals surface area (Å²) < 4.78 is 13.5. The number of anilines is 1. The Morgan fingerprint density at radius 1 is 1.15 bits per heavy atom. The Kier molecular flexibility index (Phi) is 4.97. The highest BCUT2D eigenvalue weighted by atomic mass is 35.5. The van der Waals surface area contributed by atoms with E-state index in [0.29, 0.717) is 16.6 Å². The van der Waals surface area contributed by atoms with Crippen LogP contribution in [-0.4, -0.2) is 50.8 Å². The number of hydrogen-bond donors (Lipinski definition) is 1. The number of hydrogen-bond acceptors (Lipinski definition) is 5. The van der Waals surface area contributed by atoms with Crippen molar-refractivity contribution in [2.75, 3.05) is 18.8 Å². The van der Waals surface area contributed by atoms with Gasteiger partial charge in [-0.2, -0.15) is 0 Å². The first kappa shape index (κ1) is 18.1. The van der Waals surface area contributed by atoms with E-state index in [0.717, 1.165) is 38.0 Å². The van der Waals surface area contributed by atoms with Gasteiger partial charge in [0.05, 0.1) is 6.42 Å². The van der Waals surface area contributed by atoms with Crippen molar-refractivity contribution in [3.63, 3.8) is 0 Å². The van der Waals surface area contributed by atoms with E-state index in [9.17, 15) is 9.18 Å². The number of aromatic nitrogens is 2. The standard InChI is InChI=1S/C19H21ClFN5O/c20-14-5-12(6-15(21)8-14)7-18(27)26-4-2-16-17(26)1-3-25(16)11-13-9-23-19(22)24-10-13/h5-6,8-10,16-17H,1-4,7,11H2,(H2,22,23,24)/t16-,17-/m0/s1. The minimum atomic E-state index is -0.414. The second-order valence-electron chi connectivity index (χ2n) is 7.17. The summed E-state index contributed by atoms with van der Waals surface area (Å²) in [7, 11) is 0. The normalized spacial score (nSPS) is 22.2. The van der Waals surface area contributed by atoms with E-state index in [1.807, 2.05) is 4.90 Å². The van der Waals surface area contributed by atoms with Crippen LogP contribution in [0.1, 0.15) is 24.0 Å². The van der Waals surface area contributed by atoms with E-state index < -0.39 is 5.82 Å². The number of nitrogens with zero attached hydrogens (tertiary/aromatic N) is 4. The highest BCUT2D eigenvalue weighted by Crippen LogP contribution is 2.33. The van der Waals surface area contributed by atoms with Gasteiger partial charge in [0.2, 0.25) is 11.9 Å². The third-order valence-corrected chi connectivity index (χ3v) is 5.62. The average Bonchev–Trinajstić information content (AvgIpc) is 3.19. The van der Waals surface area contributed by atoms with E-state index in [2.05, 4.69) is 14.9 Å². The molecule has 2 N–H and O–H groups in total. The van der Waals surface area contributed by atoms with Gasteiger partial charge in [-0.3, -0.25) is 9.69 Å². The van der Waals surface area contributed by atoms with Crippen LogP contribution in [-0.2, 0) is 17.8 Å². The molecule has 6 nitrogen and oxygen atoms in total.